The zero-order chi connectivity index (χ0) is 14.7. The van der Waals surface area contributed by atoms with Crippen LogP contribution in [0.2, 0.25) is 0 Å². The first-order valence-corrected chi connectivity index (χ1v) is 6.75. The van der Waals surface area contributed by atoms with Crippen LogP contribution in [0.5, 0.6) is 11.5 Å². The summed E-state index contributed by atoms with van der Waals surface area (Å²) in [5, 5.41) is 2.85. The molecule has 108 valence electrons. The van der Waals surface area contributed by atoms with Gasteiger partial charge in [0.25, 0.3) is 5.91 Å². The highest BCUT2D eigenvalue weighted by Gasteiger charge is 2.13. The molecule has 3 rings (SSSR count). The smallest absolute Gasteiger partial charge is 0.253 e. The number of nitrogens with two attached hydrogens (primary N) is 1. The molecule has 0 radical (unpaired) electrons. The normalized spacial score (nSPS) is 12.8. The fraction of sp³-hybridized carbons (Fsp3) is 0.188. The van der Waals surface area contributed by atoms with E-state index in [1.54, 1.807) is 24.3 Å². The van der Waals surface area contributed by atoms with Crippen LogP contribution in [0.1, 0.15) is 15.9 Å². The molecule has 0 saturated carbocycles. The summed E-state index contributed by atoms with van der Waals surface area (Å²) in [5.74, 6) is 1.26. The number of ether oxygens (including phenoxy) is 2. The van der Waals surface area contributed by atoms with Gasteiger partial charge in [-0.1, -0.05) is 18.2 Å². The summed E-state index contributed by atoms with van der Waals surface area (Å²) in [5.41, 5.74) is 7.68. The number of benzene rings is 2. The molecular weight excluding hydrogens is 268 g/mol. The lowest BCUT2D eigenvalue weighted by Crippen LogP contribution is -2.24. The van der Waals surface area contributed by atoms with Gasteiger partial charge in [-0.3, -0.25) is 4.79 Å². The van der Waals surface area contributed by atoms with Gasteiger partial charge >= 0.3 is 0 Å². The Hall–Kier alpha value is -2.69. The lowest BCUT2D eigenvalue weighted by Gasteiger charge is -2.19. The Bertz CT molecular complexity index is 670. The van der Waals surface area contributed by atoms with Gasteiger partial charge in [-0.05, 0) is 29.8 Å². The van der Waals surface area contributed by atoms with E-state index < -0.39 is 0 Å². The third-order valence-corrected chi connectivity index (χ3v) is 3.27. The van der Waals surface area contributed by atoms with Gasteiger partial charge in [0.1, 0.15) is 13.2 Å². The van der Waals surface area contributed by atoms with E-state index in [0.717, 1.165) is 11.3 Å². The van der Waals surface area contributed by atoms with E-state index >= 15 is 0 Å². The van der Waals surface area contributed by atoms with Crippen molar-refractivity contribution in [1.29, 1.82) is 0 Å². The van der Waals surface area contributed by atoms with Gasteiger partial charge in [0.2, 0.25) is 0 Å². The summed E-state index contributed by atoms with van der Waals surface area (Å²) < 4.78 is 11.0. The number of anilines is 1. The summed E-state index contributed by atoms with van der Waals surface area (Å²) in [6.07, 6.45) is 0. The van der Waals surface area contributed by atoms with E-state index in [9.17, 15) is 4.79 Å². The molecule has 5 heteroatoms. The summed E-state index contributed by atoms with van der Waals surface area (Å²) in [6, 6.07) is 12.6. The highest BCUT2D eigenvalue weighted by molar-refractivity contribution is 5.98. The first kappa shape index (κ1) is 13.3. The van der Waals surface area contributed by atoms with Crippen molar-refractivity contribution in [2.75, 3.05) is 18.9 Å². The molecule has 0 atom stereocenters. The molecule has 0 saturated heterocycles. The minimum absolute atomic E-state index is 0.192. The van der Waals surface area contributed by atoms with Gasteiger partial charge in [0, 0.05) is 12.2 Å². The number of para-hydroxylation sites is 1. The quantitative estimate of drug-likeness (QED) is 0.845. The van der Waals surface area contributed by atoms with Crippen LogP contribution in [-0.2, 0) is 6.54 Å². The molecule has 0 aromatic heterocycles. The molecule has 1 aliphatic rings. The Balaban J connectivity index is 1.68. The molecule has 0 bridgehead atoms. The summed E-state index contributed by atoms with van der Waals surface area (Å²) in [4.78, 5) is 12.1. The minimum atomic E-state index is -0.192. The van der Waals surface area contributed by atoms with Crippen molar-refractivity contribution in [3.63, 3.8) is 0 Å². The van der Waals surface area contributed by atoms with Crippen molar-refractivity contribution < 1.29 is 14.3 Å². The Morgan fingerprint density at radius 3 is 2.67 bits per heavy atom. The first-order chi connectivity index (χ1) is 10.2. The van der Waals surface area contributed by atoms with Crippen LogP contribution >= 0.6 is 0 Å². The predicted octanol–water partition coefficient (Wildman–Crippen LogP) is 1.97. The van der Waals surface area contributed by atoms with Crippen LogP contribution in [-0.4, -0.2) is 19.1 Å². The molecule has 0 fully saturated rings. The molecule has 0 aliphatic carbocycles. The molecule has 0 spiro atoms. The third-order valence-electron chi connectivity index (χ3n) is 3.27. The number of nitrogen functional groups attached to an aromatic ring is 1. The zero-order valence-electron chi connectivity index (χ0n) is 11.5. The molecule has 3 N–H and O–H groups in total. The van der Waals surface area contributed by atoms with E-state index in [1.165, 1.54) is 0 Å². The number of fused-ring (bicyclic) bond motifs is 1. The van der Waals surface area contributed by atoms with Gasteiger partial charge in [0.15, 0.2) is 11.5 Å². The van der Waals surface area contributed by atoms with Crippen LogP contribution < -0.4 is 20.5 Å². The summed E-state index contributed by atoms with van der Waals surface area (Å²) in [7, 11) is 0. The Labute approximate surface area is 122 Å². The fourth-order valence-electron chi connectivity index (χ4n) is 2.18. The van der Waals surface area contributed by atoms with Crippen molar-refractivity contribution >= 4 is 11.6 Å². The lowest BCUT2D eigenvalue weighted by molar-refractivity contribution is 0.0951. The average molecular weight is 284 g/mol. The molecule has 5 nitrogen and oxygen atoms in total. The van der Waals surface area contributed by atoms with Gasteiger partial charge in [-0.2, -0.15) is 0 Å². The minimum Gasteiger partial charge on any atom is -0.486 e. The molecule has 21 heavy (non-hydrogen) atoms. The van der Waals surface area contributed by atoms with Crippen molar-refractivity contribution in [3.8, 4) is 11.5 Å². The van der Waals surface area contributed by atoms with Crippen LogP contribution in [0.3, 0.4) is 0 Å². The molecule has 2 aromatic carbocycles. The molecule has 1 heterocycles. The zero-order valence-corrected chi connectivity index (χ0v) is 11.5. The second-order valence-electron chi connectivity index (χ2n) is 4.75. The number of carbonyl (C=O) groups is 1. The number of hydrogen-bond donors (Lipinski definition) is 2. The maximum Gasteiger partial charge on any atom is 0.253 e. The number of hydrogen-bond acceptors (Lipinski definition) is 4. The van der Waals surface area contributed by atoms with Crippen molar-refractivity contribution in [2.45, 2.75) is 6.54 Å². The molecular formula is C16H16N2O3. The first-order valence-electron chi connectivity index (χ1n) is 6.75. The Morgan fingerprint density at radius 1 is 1.10 bits per heavy atom. The summed E-state index contributed by atoms with van der Waals surface area (Å²) in [6.45, 7) is 1.52. The number of carbonyl (C=O) groups excluding carboxylic acids is 1. The van der Waals surface area contributed by atoms with E-state index in [0.29, 0.717) is 36.8 Å². The largest absolute Gasteiger partial charge is 0.486 e. The number of rotatable bonds is 3. The number of amides is 1. The molecule has 0 unspecified atom stereocenters. The van der Waals surface area contributed by atoms with Gasteiger partial charge in [-0.25, -0.2) is 0 Å². The van der Waals surface area contributed by atoms with Crippen LogP contribution in [0.15, 0.2) is 42.5 Å². The van der Waals surface area contributed by atoms with E-state index in [2.05, 4.69) is 5.32 Å². The third kappa shape index (κ3) is 2.91. The van der Waals surface area contributed by atoms with Gasteiger partial charge in [-0.15, -0.1) is 0 Å². The van der Waals surface area contributed by atoms with Crippen molar-refractivity contribution in [2.24, 2.45) is 0 Å². The van der Waals surface area contributed by atoms with Crippen LogP contribution in [0.25, 0.3) is 0 Å². The summed E-state index contributed by atoms with van der Waals surface area (Å²) >= 11 is 0. The predicted molar refractivity (Wildman–Crippen MR) is 79.5 cm³/mol. The second kappa shape index (κ2) is 5.75. The van der Waals surface area contributed by atoms with Crippen LogP contribution in [0, 0.1) is 0 Å². The Morgan fingerprint density at radius 2 is 1.86 bits per heavy atom. The van der Waals surface area contributed by atoms with Gasteiger partial charge in [0.05, 0.1) is 5.56 Å². The van der Waals surface area contributed by atoms with E-state index in [4.69, 9.17) is 15.2 Å². The fourth-order valence-corrected chi connectivity index (χ4v) is 2.18. The van der Waals surface area contributed by atoms with E-state index in [-0.39, 0.29) is 5.91 Å². The highest BCUT2D eigenvalue weighted by atomic mass is 16.6. The van der Waals surface area contributed by atoms with E-state index in [1.807, 2.05) is 18.2 Å². The lowest BCUT2D eigenvalue weighted by atomic mass is 10.1. The van der Waals surface area contributed by atoms with Crippen molar-refractivity contribution in [3.05, 3.63) is 53.6 Å². The Kier molecular flexibility index (Phi) is 3.64. The maximum absolute atomic E-state index is 12.1. The van der Waals surface area contributed by atoms with Gasteiger partial charge < -0.3 is 20.5 Å². The SMILES string of the molecule is Nc1ccccc1C(=O)NCc1ccc2c(c1)OCCO2. The molecule has 1 aliphatic heterocycles. The molecule has 2 aromatic rings. The highest BCUT2D eigenvalue weighted by Crippen LogP contribution is 2.30. The topological polar surface area (TPSA) is 73.6 Å². The van der Waals surface area contributed by atoms with Crippen molar-refractivity contribution in [1.82, 2.24) is 5.32 Å². The maximum atomic E-state index is 12.1. The number of nitrogens with one attached hydrogen (secondary N) is 1. The van der Waals surface area contributed by atoms with Crippen LogP contribution in [0.4, 0.5) is 5.69 Å². The average Bonchev–Trinajstić information content (AvgIpc) is 2.53. The standard InChI is InChI=1S/C16H16N2O3/c17-13-4-2-1-3-12(13)16(19)18-10-11-5-6-14-15(9-11)21-8-7-20-14/h1-6,9H,7-8,10,17H2,(H,18,19). The molecule has 1 amide bonds. The second-order valence-corrected chi connectivity index (χ2v) is 4.75. The monoisotopic (exact) mass is 284 g/mol.